The van der Waals surface area contributed by atoms with Gasteiger partial charge in [-0.1, -0.05) is 15.9 Å². The molecule has 0 amide bonds. The van der Waals surface area contributed by atoms with Gasteiger partial charge >= 0.3 is 5.97 Å². The Balaban J connectivity index is 2.33. The number of esters is 1. The monoisotopic (exact) mass is 355 g/mol. The molecule has 2 aromatic rings. The van der Waals surface area contributed by atoms with Crippen LogP contribution in [0.2, 0.25) is 0 Å². The molecule has 0 saturated heterocycles. The molecule has 110 valence electrons. The number of tetrazole rings is 1. The van der Waals surface area contributed by atoms with E-state index in [0.717, 1.165) is 4.68 Å². The van der Waals surface area contributed by atoms with Gasteiger partial charge in [0.1, 0.15) is 0 Å². The predicted octanol–water partition coefficient (Wildman–Crippen LogP) is 1.57. The summed E-state index contributed by atoms with van der Waals surface area (Å²) in [6, 6.07) is 4.61. The number of halogens is 1. The minimum Gasteiger partial charge on any atom is -0.460 e. The maximum atomic E-state index is 11.7. The first kappa shape index (κ1) is 15.0. The van der Waals surface area contributed by atoms with Gasteiger partial charge in [-0.25, -0.2) is 9.48 Å². The summed E-state index contributed by atoms with van der Waals surface area (Å²) in [7, 11) is 0. The first-order valence-electron chi connectivity index (χ1n) is 5.89. The van der Waals surface area contributed by atoms with Gasteiger partial charge in [-0.05, 0) is 29.5 Å². The minimum atomic E-state index is -0.678. The Bertz CT molecular complexity index is 687. The van der Waals surface area contributed by atoms with Crippen LogP contribution in [0.3, 0.4) is 0 Å². The highest BCUT2D eigenvalue weighted by molar-refractivity contribution is 9.10. The van der Waals surface area contributed by atoms with Crippen molar-refractivity contribution < 1.29 is 14.5 Å². The molecule has 0 N–H and O–H groups in total. The third kappa shape index (κ3) is 3.40. The highest BCUT2D eigenvalue weighted by Crippen LogP contribution is 2.24. The van der Waals surface area contributed by atoms with Crippen LogP contribution in [-0.2, 0) is 11.3 Å². The number of benzene rings is 1. The zero-order chi connectivity index (χ0) is 15.4. The zero-order valence-electron chi connectivity index (χ0n) is 10.9. The second-order valence-electron chi connectivity index (χ2n) is 3.91. The molecule has 0 saturated carbocycles. The molecule has 0 unspecified atom stereocenters. The van der Waals surface area contributed by atoms with Gasteiger partial charge in [-0.3, -0.25) is 10.1 Å². The average molecular weight is 356 g/mol. The summed E-state index contributed by atoms with van der Waals surface area (Å²) >= 11 is 3.18. The quantitative estimate of drug-likeness (QED) is 0.454. The minimum absolute atomic E-state index is 0.00919. The Morgan fingerprint density at radius 1 is 1.52 bits per heavy atom. The van der Waals surface area contributed by atoms with E-state index in [1.807, 2.05) is 0 Å². The molecule has 0 fully saturated rings. The Labute approximate surface area is 127 Å². The second kappa shape index (κ2) is 6.39. The summed E-state index contributed by atoms with van der Waals surface area (Å²) in [6.07, 6.45) is 0. The summed E-state index contributed by atoms with van der Waals surface area (Å²) in [6.45, 7) is 1.83. The number of nitro groups is 1. The number of hydrogen-bond acceptors (Lipinski definition) is 7. The van der Waals surface area contributed by atoms with Gasteiger partial charge in [0, 0.05) is 10.5 Å². The number of nitro benzene ring substituents is 1. The molecule has 0 aliphatic rings. The highest BCUT2D eigenvalue weighted by atomic mass is 79.9. The Morgan fingerprint density at radius 3 is 2.95 bits per heavy atom. The van der Waals surface area contributed by atoms with Crippen LogP contribution in [0.5, 0.6) is 0 Å². The molecule has 2 rings (SSSR count). The first-order valence-corrected chi connectivity index (χ1v) is 6.68. The molecule has 0 atom stereocenters. The van der Waals surface area contributed by atoms with Crippen molar-refractivity contribution in [3.05, 3.63) is 44.2 Å². The third-order valence-electron chi connectivity index (χ3n) is 2.55. The number of ether oxygens (including phenoxy) is 1. The largest absolute Gasteiger partial charge is 0.460 e. The van der Waals surface area contributed by atoms with Crippen LogP contribution in [0.15, 0.2) is 22.7 Å². The van der Waals surface area contributed by atoms with Gasteiger partial charge in [0.15, 0.2) is 0 Å². The molecule has 1 aromatic carbocycles. The number of nitrogens with zero attached hydrogens (tertiary/aromatic N) is 5. The van der Waals surface area contributed by atoms with E-state index in [1.54, 1.807) is 19.1 Å². The van der Waals surface area contributed by atoms with Crippen LogP contribution >= 0.6 is 15.9 Å². The molecule has 0 bridgehead atoms. The third-order valence-corrected chi connectivity index (χ3v) is 3.05. The number of carbonyl (C=O) groups is 1. The molecular weight excluding hydrogens is 346 g/mol. The number of aromatic nitrogens is 4. The Morgan fingerprint density at radius 2 is 2.29 bits per heavy atom. The summed E-state index contributed by atoms with van der Waals surface area (Å²) in [5.74, 6) is -0.781. The molecule has 9 nitrogen and oxygen atoms in total. The van der Waals surface area contributed by atoms with E-state index in [9.17, 15) is 14.9 Å². The lowest BCUT2D eigenvalue weighted by Gasteiger charge is -2.05. The maximum Gasteiger partial charge on any atom is 0.378 e. The highest BCUT2D eigenvalue weighted by Gasteiger charge is 2.20. The first-order chi connectivity index (χ1) is 10.0. The molecule has 0 spiro atoms. The molecule has 0 aliphatic heterocycles. The van der Waals surface area contributed by atoms with Crippen molar-refractivity contribution in [1.82, 2.24) is 20.2 Å². The SMILES string of the molecule is CCOC(=O)c1nnnn1Cc1ccc(Br)cc1[N+](=O)[O-]. The molecule has 0 aliphatic carbocycles. The molecular formula is C11H10BrN5O4. The van der Waals surface area contributed by atoms with Crippen molar-refractivity contribution in [3.63, 3.8) is 0 Å². The Hall–Kier alpha value is -2.36. The van der Waals surface area contributed by atoms with Crippen LogP contribution in [-0.4, -0.2) is 37.7 Å². The van der Waals surface area contributed by atoms with E-state index in [2.05, 4.69) is 31.5 Å². The van der Waals surface area contributed by atoms with Crippen LogP contribution in [0.4, 0.5) is 5.69 Å². The van der Waals surface area contributed by atoms with E-state index in [1.165, 1.54) is 6.07 Å². The fraction of sp³-hybridized carbons (Fsp3) is 0.273. The normalized spacial score (nSPS) is 10.4. The van der Waals surface area contributed by atoms with E-state index in [-0.39, 0.29) is 24.7 Å². The van der Waals surface area contributed by atoms with Gasteiger partial charge in [-0.15, -0.1) is 5.10 Å². The van der Waals surface area contributed by atoms with E-state index in [4.69, 9.17) is 4.74 Å². The van der Waals surface area contributed by atoms with Crippen LogP contribution in [0.1, 0.15) is 23.1 Å². The van der Waals surface area contributed by atoms with Gasteiger partial charge < -0.3 is 4.74 Å². The van der Waals surface area contributed by atoms with Crippen LogP contribution in [0.25, 0.3) is 0 Å². The van der Waals surface area contributed by atoms with Crippen molar-refractivity contribution >= 4 is 27.6 Å². The number of rotatable bonds is 5. The summed E-state index contributed by atoms with van der Waals surface area (Å²) in [5.41, 5.74) is 0.288. The summed E-state index contributed by atoms with van der Waals surface area (Å²) < 4.78 is 6.56. The van der Waals surface area contributed by atoms with E-state index in [0.29, 0.717) is 10.0 Å². The van der Waals surface area contributed by atoms with E-state index < -0.39 is 10.9 Å². The number of hydrogen-bond donors (Lipinski definition) is 0. The predicted molar refractivity (Wildman–Crippen MR) is 73.7 cm³/mol. The maximum absolute atomic E-state index is 11.7. The standard InChI is InChI=1S/C11H10BrN5O4/c1-2-21-11(18)10-13-14-15-16(10)6-7-3-4-8(12)5-9(7)17(19)20/h3-5H,2,6H2,1H3. The molecule has 0 radical (unpaired) electrons. The van der Waals surface area contributed by atoms with Crippen molar-refractivity contribution in [3.8, 4) is 0 Å². The van der Waals surface area contributed by atoms with Gasteiger partial charge in [-0.2, -0.15) is 0 Å². The summed E-state index contributed by atoms with van der Waals surface area (Å²) in [5, 5.41) is 21.7. The van der Waals surface area contributed by atoms with Crippen molar-refractivity contribution in [2.45, 2.75) is 13.5 Å². The topological polar surface area (TPSA) is 113 Å². The molecule has 21 heavy (non-hydrogen) atoms. The zero-order valence-corrected chi connectivity index (χ0v) is 12.5. The molecule has 10 heteroatoms. The lowest BCUT2D eigenvalue weighted by atomic mass is 10.2. The van der Waals surface area contributed by atoms with Gasteiger partial charge in [0.05, 0.1) is 23.6 Å². The fourth-order valence-electron chi connectivity index (χ4n) is 1.65. The Kier molecular flexibility index (Phi) is 4.58. The lowest BCUT2D eigenvalue weighted by Crippen LogP contribution is -2.15. The van der Waals surface area contributed by atoms with Crippen molar-refractivity contribution in [2.75, 3.05) is 6.61 Å². The van der Waals surface area contributed by atoms with Crippen LogP contribution in [0, 0.1) is 10.1 Å². The van der Waals surface area contributed by atoms with Gasteiger partial charge in [0.2, 0.25) is 0 Å². The number of carbonyl (C=O) groups excluding carboxylic acids is 1. The van der Waals surface area contributed by atoms with Crippen molar-refractivity contribution in [1.29, 1.82) is 0 Å². The average Bonchev–Trinajstić information content (AvgIpc) is 2.89. The van der Waals surface area contributed by atoms with Gasteiger partial charge in [0.25, 0.3) is 11.5 Å². The van der Waals surface area contributed by atoms with Crippen LogP contribution < -0.4 is 0 Å². The molecule has 1 heterocycles. The lowest BCUT2D eigenvalue weighted by molar-refractivity contribution is -0.385. The van der Waals surface area contributed by atoms with E-state index >= 15 is 0 Å². The fourth-order valence-corrected chi connectivity index (χ4v) is 2.00. The second-order valence-corrected chi connectivity index (χ2v) is 4.83. The summed E-state index contributed by atoms with van der Waals surface area (Å²) in [4.78, 5) is 22.2. The molecule has 1 aromatic heterocycles. The smallest absolute Gasteiger partial charge is 0.378 e. The van der Waals surface area contributed by atoms with Crippen molar-refractivity contribution in [2.24, 2.45) is 0 Å².